The summed E-state index contributed by atoms with van der Waals surface area (Å²) in [5.41, 5.74) is 1.99. The van der Waals surface area contributed by atoms with Gasteiger partial charge in [0.25, 0.3) is 5.89 Å². The molecule has 0 saturated carbocycles. The third-order valence-corrected chi connectivity index (χ3v) is 7.03. The van der Waals surface area contributed by atoms with Gasteiger partial charge in [0.15, 0.2) is 5.76 Å². The summed E-state index contributed by atoms with van der Waals surface area (Å²) in [6.45, 7) is 4.43. The predicted molar refractivity (Wildman–Crippen MR) is 127 cm³/mol. The number of carbonyl (C=O) groups is 1. The Morgan fingerprint density at radius 2 is 2.06 bits per heavy atom. The van der Waals surface area contributed by atoms with E-state index in [1.807, 2.05) is 4.90 Å². The number of rotatable bonds is 7. The summed E-state index contributed by atoms with van der Waals surface area (Å²) >= 11 is 0. The molecule has 3 heterocycles. The molecule has 0 atom stereocenters. The number of sulfonamides is 1. The summed E-state index contributed by atoms with van der Waals surface area (Å²) in [6.07, 6.45) is 2.68. The summed E-state index contributed by atoms with van der Waals surface area (Å²) in [4.78, 5) is 19.0. The number of nitriles is 1. The van der Waals surface area contributed by atoms with Gasteiger partial charge in [-0.1, -0.05) is 0 Å². The van der Waals surface area contributed by atoms with E-state index in [1.165, 1.54) is 6.26 Å². The van der Waals surface area contributed by atoms with Crippen LogP contribution >= 0.6 is 0 Å². The van der Waals surface area contributed by atoms with Crippen molar-refractivity contribution in [2.24, 2.45) is 5.92 Å². The summed E-state index contributed by atoms with van der Waals surface area (Å²) in [5.74, 6) is 0.756. The molecule has 1 aliphatic rings. The van der Waals surface area contributed by atoms with Crippen LogP contribution in [0.25, 0.3) is 11.7 Å². The molecular weight excluding hydrogens is 458 g/mol. The smallest absolute Gasteiger partial charge is 0.266 e. The van der Waals surface area contributed by atoms with Crippen molar-refractivity contribution < 1.29 is 22.0 Å². The Morgan fingerprint density at radius 3 is 2.68 bits per heavy atom. The maximum atomic E-state index is 12.8. The minimum Gasteiger partial charge on any atom is -0.459 e. The minimum atomic E-state index is -3.37. The number of anilines is 3. The molecule has 178 valence electrons. The molecule has 3 aromatic rings. The molecule has 0 spiro atoms. The summed E-state index contributed by atoms with van der Waals surface area (Å²) in [7, 11) is -3.37. The number of nitrogens with one attached hydrogen (secondary N) is 2. The van der Waals surface area contributed by atoms with E-state index in [4.69, 9.17) is 8.83 Å². The van der Waals surface area contributed by atoms with Crippen LogP contribution in [0, 0.1) is 24.2 Å². The van der Waals surface area contributed by atoms with E-state index < -0.39 is 10.0 Å². The predicted octanol–water partition coefficient (Wildman–Crippen LogP) is 3.73. The molecule has 4 rings (SSSR count). The van der Waals surface area contributed by atoms with Gasteiger partial charge in [0.05, 0.1) is 17.7 Å². The molecular formula is C23H25N5O5S. The number of hydrogen-bond acceptors (Lipinski definition) is 8. The van der Waals surface area contributed by atoms with Crippen LogP contribution in [0.5, 0.6) is 0 Å². The average molecular weight is 484 g/mol. The molecule has 0 unspecified atom stereocenters. The molecule has 1 aliphatic heterocycles. The lowest BCUT2D eigenvalue weighted by Crippen LogP contribution is -2.38. The maximum Gasteiger partial charge on any atom is 0.266 e. The molecule has 2 N–H and O–H groups in total. The second-order valence-electron chi connectivity index (χ2n) is 8.05. The Balaban J connectivity index is 1.37. The first kappa shape index (κ1) is 23.4. The largest absolute Gasteiger partial charge is 0.459 e. The second kappa shape index (κ2) is 9.61. The lowest BCUT2D eigenvalue weighted by molar-refractivity contribution is -0.120. The number of oxazole rings is 1. The molecule has 10 nitrogen and oxygen atoms in total. The fourth-order valence-electron chi connectivity index (χ4n) is 3.79. The number of aromatic nitrogens is 1. The summed E-state index contributed by atoms with van der Waals surface area (Å²) in [6, 6.07) is 10.5. The van der Waals surface area contributed by atoms with Crippen molar-refractivity contribution >= 4 is 33.2 Å². The standard InChI is InChI=1S/C23H25N5O5S/c1-3-34(30,31)27-18-7-6-17(13-15(18)2)25-21(29)16-8-10-28(11-9-16)23-19(14-24)26-22(33-23)20-5-4-12-32-20/h4-7,12-13,16,27H,3,8-11H2,1-2H3,(H,25,29). The molecule has 1 saturated heterocycles. The van der Waals surface area contributed by atoms with Gasteiger partial charge in [-0.05, 0) is 62.6 Å². The van der Waals surface area contributed by atoms with Gasteiger partial charge >= 0.3 is 0 Å². The summed E-state index contributed by atoms with van der Waals surface area (Å²) in [5, 5.41) is 12.4. The maximum absolute atomic E-state index is 12.8. The lowest BCUT2D eigenvalue weighted by atomic mass is 9.95. The highest BCUT2D eigenvalue weighted by molar-refractivity contribution is 7.92. The highest BCUT2D eigenvalue weighted by atomic mass is 32.2. The van der Waals surface area contributed by atoms with Gasteiger partial charge in [0.2, 0.25) is 27.5 Å². The van der Waals surface area contributed by atoms with Gasteiger partial charge < -0.3 is 19.1 Å². The van der Waals surface area contributed by atoms with Crippen molar-refractivity contribution in [1.82, 2.24) is 4.98 Å². The van der Waals surface area contributed by atoms with Crippen molar-refractivity contribution in [2.75, 3.05) is 33.8 Å². The number of hydrogen-bond donors (Lipinski definition) is 2. The van der Waals surface area contributed by atoms with Crippen LogP contribution in [-0.2, 0) is 14.8 Å². The number of aryl methyl sites for hydroxylation is 1. The number of nitrogens with zero attached hydrogens (tertiary/aromatic N) is 3. The van der Waals surface area contributed by atoms with Crippen LogP contribution in [0.2, 0.25) is 0 Å². The quantitative estimate of drug-likeness (QED) is 0.518. The fourth-order valence-corrected chi connectivity index (χ4v) is 4.50. The molecule has 0 aliphatic carbocycles. The third-order valence-electron chi connectivity index (χ3n) is 5.74. The van der Waals surface area contributed by atoms with E-state index in [9.17, 15) is 18.5 Å². The molecule has 2 aromatic heterocycles. The van der Waals surface area contributed by atoms with Crippen molar-refractivity contribution in [3.63, 3.8) is 0 Å². The van der Waals surface area contributed by atoms with Crippen LogP contribution in [0.4, 0.5) is 17.3 Å². The topological polar surface area (TPSA) is 141 Å². The zero-order valence-corrected chi connectivity index (χ0v) is 19.7. The van der Waals surface area contributed by atoms with E-state index >= 15 is 0 Å². The monoisotopic (exact) mass is 483 g/mol. The van der Waals surface area contributed by atoms with Crippen LogP contribution < -0.4 is 14.9 Å². The molecule has 11 heteroatoms. The second-order valence-corrected chi connectivity index (χ2v) is 10.1. The van der Waals surface area contributed by atoms with Crippen LogP contribution in [0.1, 0.15) is 31.0 Å². The van der Waals surface area contributed by atoms with Crippen molar-refractivity contribution in [1.29, 1.82) is 5.26 Å². The van der Waals surface area contributed by atoms with Gasteiger partial charge in [-0.25, -0.2) is 8.42 Å². The molecule has 1 fully saturated rings. The number of amides is 1. The van der Waals surface area contributed by atoms with Crippen LogP contribution in [0.15, 0.2) is 45.4 Å². The Kier molecular flexibility index (Phi) is 6.61. The van der Waals surface area contributed by atoms with E-state index in [0.29, 0.717) is 54.5 Å². The number of benzene rings is 1. The van der Waals surface area contributed by atoms with Crippen LogP contribution in [0.3, 0.4) is 0 Å². The first-order valence-electron chi connectivity index (χ1n) is 10.9. The van der Waals surface area contributed by atoms with E-state index in [1.54, 1.807) is 44.2 Å². The highest BCUT2D eigenvalue weighted by Crippen LogP contribution is 2.31. The van der Waals surface area contributed by atoms with E-state index in [-0.39, 0.29) is 29.2 Å². The Morgan fingerprint density at radius 1 is 1.29 bits per heavy atom. The van der Waals surface area contributed by atoms with E-state index in [0.717, 1.165) is 0 Å². The van der Waals surface area contributed by atoms with Gasteiger partial charge in [-0.15, -0.1) is 0 Å². The normalized spacial score (nSPS) is 14.6. The Bertz CT molecular complexity index is 1320. The summed E-state index contributed by atoms with van der Waals surface area (Å²) < 4.78 is 37.2. The molecule has 0 bridgehead atoms. The van der Waals surface area contributed by atoms with Crippen molar-refractivity contribution in [2.45, 2.75) is 26.7 Å². The van der Waals surface area contributed by atoms with Gasteiger partial charge in [-0.2, -0.15) is 10.2 Å². The molecule has 1 amide bonds. The zero-order chi connectivity index (χ0) is 24.3. The SMILES string of the molecule is CCS(=O)(=O)Nc1ccc(NC(=O)C2CCN(c3oc(-c4ccco4)nc3C#N)CC2)cc1C. The Hall–Kier alpha value is -3.78. The number of furan rings is 1. The minimum absolute atomic E-state index is 0.0162. The van der Waals surface area contributed by atoms with Gasteiger partial charge in [0, 0.05) is 24.7 Å². The van der Waals surface area contributed by atoms with E-state index in [2.05, 4.69) is 21.1 Å². The van der Waals surface area contributed by atoms with Crippen molar-refractivity contribution in [3.05, 3.63) is 47.9 Å². The first-order chi connectivity index (χ1) is 16.3. The highest BCUT2D eigenvalue weighted by Gasteiger charge is 2.29. The lowest BCUT2D eigenvalue weighted by Gasteiger charge is -2.31. The third kappa shape index (κ3) is 5.07. The number of piperidine rings is 1. The van der Waals surface area contributed by atoms with Crippen LogP contribution in [-0.4, -0.2) is 38.2 Å². The number of carbonyl (C=O) groups excluding carboxylic acids is 1. The molecule has 1 aromatic carbocycles. The van der Waals surface area contributed by atoms with Gasteiger partial charge in [-0.3, -0.25) is 9.52 Å². The zero-order valence-electron chi connectivity index (χ0n) is 18.9. The van der Waals surface area contributed by atoms with Gasteiger partial charge in [0.1, 0.15) is 6.07 Å². The average Bonchev–Trinajstić information content (AvgIpc) is 3.51. The fraction of sp³-hybridized carbons (Fsp3) is 0.348. The first-order valence-corrected chi connectivity index (χ1v) is 12.6. The Labute approximate surface area is 197 Å². The van der Waals surface area contributed by atoms with Crippen molar-refractivity contribution in [3.8, 4) is 17.7 Å². The molecule has 34 heavy (non-hydrogen) atoms. The molecule has 0 radical (unpaired) electrons.